The van der Waals surface area contributed by atoms with Gasteiger partial charge in [-0.2, -0.15) is 0 Å². The number of piperidine rings is 1. The highest BCUT2D eigenvalue weighted by Crippen LogP contribution is 2.23. The summed E-state index contributed by atoms with van der Waals surface area (Å²) in [5, 5.41) is 5.91. The monoisotopic (exact) mass is 414 g/mol. The van der Waals surface area contributed by atoms with Gasteiger partial charge in [0.1, 0.15) is 0 Å². The van der Waals surface area contributed by atoms with Gasteiger partial charge in [0.2, 0.25) is 5.91 Å². The van der Waals surface area contributed by atoms with Gasteiger partial charge in [0, 0.05) is 44.7 Å². The summed E-state index contributed by atoms with van der Waals surface area (Å²) in [5.74, 6) is 0.893. The van der Waals surface area contributed by atoms with Crippen LogP contribution in [-0.2, 0) is 17.8 Å². The molecule has 1 saturated heterocycles. The number of rotatable bonds is 7. The highest BCUT2D eigenvalue weighted by Gasteiger charge is 2.30. The number of nitrogens with zero attached hydrogens (tertiary/aromatic N) is 2. The molecule has 1 unspecified atom stereocenters. The van der Waals surface area contributed by atoms with Crippen molar-refractivity contribution in [1.29, 1.82) is 0 Å². The molecule has 2 N–H and O–H groups in total. The molecule has 2 aliphatic rings. The van der Waals surface area contributed by atoms with E-state index in [-0.39, 0.29) is 17.5 Å². The fourth-order valence-corrected chi connectivity index (χ4v) is 4.52. The standard InChI is InChI=1S/C24H38N4O2/c1-19-8-7-14-28(16-19)24(2,3)18-26-23(30)25-13-6-11-22(29)27-15-12-20-9-4-5-10-21(20)17-27/h4-5,9-10,19H,6-8,11-18H2,1-3H3,(H2,25,26,30). The molecule has 3 rings (SSSR count). The van der Waals surface area contributed by atoms with E-state index in [1.54, 1.807) is 0 Å². The lowest BCUT2D eigenvalue weighted by Gasteiger charge is -2.43. The lowest BCUT2D eigenvalue weighted by Crippen LogP contribution is -2.55. The molecule has 30 heavy (non-hydrogen) atoms. The summed E-state index contributed by atoms with van der Waals surface area (Å²) < 4.78 is 0. The largest absolute Gasteiger partial charge is 0.338 e. The van der Waals surface area contributed by atoms with Gasteiger partial charge < -0.3 is 15.5 Å². The van der Waals surface area contributed by atoms with Gasteiger partial charge in [-0.25, -0.2) is 4.79 Å². The van der Waals surface area contributed by atoms with Crippen LogP contribution in [0.3, 0.4) is 0 Å². The van der Waals surface area contributed by atoms with Crippen LogP contribution in [0.4, 0.5) is 4.79 Å². The van der Waals surface area contributed by atoms with Crippen LogP contribution in [0.5, 0.6) is 0 Å². The molecule has 166 valence electrons. The second-order valence-electron chi connectivity index (χ2n) is 9.55. The normalized spacial score (nSPS) is 19.8. The third-order valence-electron chi connectivity index (χ3n) is 6.53. The molecule has 1 aromatic carbocycles. The Labute approximate surface area is 181 Å². The van der Waals surface area contributed by atoms with Crippen molar-refractivity contribution in [2.75, 3.05) is 32.7 Å². The topological polar surface area (TPSA) is 64.7 Å². The van der Waals surface area contributed by atoms with Gasteiger partial charge >= 0.3 is 6.03 Å². The first-order valence-electron chi connectivity index (χ1n) is 11.5. The Morgan fingerprint density at radius 1 is 1.13 bits per heavy atom. The van der Waals surface area contributed by atoms with Gasteiger partial charge in [-0.3, -0.25) is 9.69 Å². The van der Waals surface area contributed by atoms with E-state index in [2.05, 4.69) is 54.5 Å². The first-order valence-corrected chi connectivity index (χ1v) is 11.5. The van der Waals surface area contributed by atoms with E-state index in [1.807, 2.05) is 11.0 Å². The van der Waals surface area contributed by atoms with Crippen molar-refractivity contribution in [3.05, 3.63) is 35.4 Å². The summed E-state index contributed by atoms with van der Waals surface area (Å²) in [6.45, 7) is 11.5. The van der Waals surface area contributed by atoms with E-state index in [9.17, 15) is 9.59 Å². The van der Waals surface area contributed by atoms with Crippen LogP contribution in [0.2, 0.25) is 0 Å². The second-order valence-corrected chi connectivity index (χ2v) is 9.55. The molecule has 1 atom stereocenters. The van der Waals surface area contributed by atoms with E-state index in [0.29, 0.717) is 32.5 Å². The maximum absolute atomic E-state index is 12.5. The average Bonchev–Trinajstić information content (AvgIpc) is 2.75. The minimum absolute atomic E-state index is 0.0491. The third-order valence-corrected chi connectivity index (χ3v) is 6.53. The maximum atomic E-state index is 12.5. The molecule has 0 saturated carbocycles. The van der Waals surface area contributed by atoms with Gasteiger partial charge in [-0.05, 0) is 63.1 Å². The molecule has 0 bridgehead atoms. The first kappa shape index (κ1) is 22.6. The highest BCUT2D eigenvalue weighted by molar-refractivity contribution is 5.77. The van der Waals surface area contributed by atoms with Gasteiger partial charge in [0.15, 0.2) is 0 Å². The predicted molar refractivity (Wildman–Crippen MR) is 120 cm³/mol. The van der Waals surface area contributed by atoms with E-state index >= 15 is 0 Å². The van der Waals surface area contributed by atoms with Crippen LogP contribution < -0.4 is 10.6 Å². The van der Waals surface area contributed by atoms with Crippen molar-refractivity contribution in [3.8, 4) is 0 Å². The van der Waals surface area contributed by atoms with Gasteiger partial charge in [-0.15, -0.1) is 0 Å². The van der Waals surface area contributed by atoms with Crippen LogP contribution in [0.15, 0.2) is 24.3 Å². The number of urea groups is 1. The summed E-state index contributed by atoms with van der Waals surface area (Å²) >= 11 is 0. The van der Waals surface area contributed by atoms with Crippen molar-refractivity contribution in [1.82, 2.24) is 20.4 Å². The predicted octanol–water partition coefficient (Wildman–Crippen LogP) is 3.16. The lowest BCUT2D eigenvalue weighted by molar-refractivity contribution is -0.132. The Morgan fingerprint density at radius 2 is 1.90 bits per heavy atom. The molecule has 1 fully saturated rings. The number of carbonyl (C=O) groups is 2. The summed E-state index contributed by atoms with van der Waals surface area (Å²) in [5.41, 5.74) is 2.55. The highest BCUT2D eigenvalue weighted by atomic mass is 16.2. The molecule has 2 aliphatic heterocycles. The molecule has 6 heteroatoms. The third kappa shape index (κ3) is 6.21. The molecule has 0 aliphatic carbocycles. The zero-order valence-electron chi connectivity index (χ0n) is 18.9. The number of hydrogen-bond donors (Lipinski definition) is 2. The molecular weight excluding hydrogens is 376 g/mol. The average molecular weight is 415 g/mol. The first-order chi connectivity index (χ1) is 14.3. The fraction of sp³-hybridized carbons (Fsp3) is 0.667. The summed E-state index contributed by atoms with van der Waals surface area (Å²) in [6, 6.07) is 8.19. The Hall–Kier alpha value is -2.08. The van der Waals surface area contributed by atoms with E-state index < -0.39 is 0 Å². The smallest absolute Gasteiger partial charge is 0.314 e. The molecule has 1 aromatic rings. The van der Waals surface area contributed by atoms with Gasteiger partial charge in [0.25, 0.3) is 0 Å². The number of fused-ring (bicyclic) bond motifs is 1. The Bertz CT molecular complexity index is 734. The molecule has 0 radical (unpaired) electrons. The molecule has 0 spiro atoms. The fourth-order valence-electron chi connectivity index (χ4n) is 4.52. The van der Waals surface area contributed by atoms with E-state index in [1.165, 1.54) is 24.0 Å². The summed E-state index contributed by atoms with van der Waals surface area (Å²) in [7, 11) is 0. The Morgan fingerprint density at radius 3 is 2.67 bits per heavy atom. The van der Waals surface area contributed by atoms with Gasteiger partial charge in [0.05, 0.1) is 0 Å². The van der Waals surface area contributed by atoms with E-state index in [0.717, 1.165) is 32.0 Å². The number of likely N-dealkylation sites (tertiary alicyclic amines) is 1. The second kappa shape index (κ2) is 10.3. The Kier molecular flexibility index (Phi) is 7.75. The minimum atomic E-state index is -0.146. The van der Waals surface area contributed by atoms with Crippen LogP contribution in [0.25, 0.3) is 0 Å². The summed E-state index contributed by atoms with van der Waals surface area (Å²) in [6.07, 6.45) is 4.59. The van der Waals surface area contributed by atoms with Crippen LogP contribution in [0.1, 0.15) is 57.6 Å². The zero-order valence-corrected chi connectivity index (χ0v) is 18.9. The minimum Gasteiger partial charge on any atom is -0.338 e. The van der Waals surface area contributed by atoms with Crippen molar-refractivity contribution in [2.24, 2.45) is 5.92 Å². The molecule has 6 nitrogen and oxygen atoms in total. The summed E-state index contributed by atoms with van der Waals surface area (Å²) in [4.78, 5) is 29.1. The number of hydrogen-bond acceptors (Lipinski definition) is 3. The zero-order chi connectivity index (χ0) is 21.6. The molecule has 3 amide bonds. The number of benzene rings is 1. The van der Waals surface area contributed by atoms with E-state index in [4.69, 9.17) is 0 Å². The Balaban J connectivity index is 1.31. The number of carbonyl (C=O) groups excluding carboxylic acids is 2. The lowest BCUT2D eigenvalue weighted by atomic mass is 9.93. The molecule has 0 aromatic heterocycles. The van der Waals surface area contributed by atoms with Gasteiger partial charge in [-0.1, -0.05) is 31.2 Å². The van der Waals surface area contributed by atoms with Crippen molar-refractivity contribution < 1.29 is 9.59 Å². The van der Waals surface area contributed by atoms with Crippen molar-refractivity contribution in [3.63, 3.8) is 0 Å². The molecular formula is C24H38N4O2. The number of amides is 3. The quantitative estimate of drug-likeness (QED) is 0.674. The number of nitrogens with one attached hydrogen (secondary N) is 2. The maximum Gasteiger partial charge on any atom is 0.314 e. The van der Waals surface area contributed by atoms with Crippen LogP contribution in [0, 0.1) is 5.92 Å². The van der Waals surface area contributed by atoms with Crippen LogP contribution in [-0.4, -0.2) is 60.0 Å². The SMILES string of the molecule is CC1CCCN(C(C)(C)CNC(=O)NCCCC(=O)N2CCc3ccccc3C2)C1. The van der Waals surface area contributed by atoms with Crippen molar-refractivity contribution >= 4 is 11.9 Å². The van der Waals surface area contributed by atoms with Crippen LogP contribution >= 0.6 is 0 Å². The molecule has 2 heterocycles. The van der Waals surface area contributed by atoms with Crippen molar-refractivity contribution in [2.45, 2.75) is 65.0 Å².